The van der Waals surface area contributed by atoms with Gasteiger partial charge in [0, 0.05) is 11.0 Å². The first-order valence-electron chi connectivity index (χ1n) is 3.36. The molecule has 1 aliphatic carbocycles. The van der Waals surface area contributed by atoms with Crippen LogP contribution in [0.4, 0.5) is 0 Å². The van der Waals surface area contributed by atoms with Crippen LogP contribution >= 0.6 is 22.6 Å². The Morgan fingerprint density at radius 2 is 2.00 bits per heavy atom. The summed E-state index contributed by atoms with van der Waals surface area (Å²) in [6.07, 6.45) is 5.53. The second-order valence-electron chi connectivity index (χ2n) is 2.45. The molecule has 0 bridgehead atoms. The van der Waals surface area contributed by atoms with Gasteiger partial charge in [-0.15, -0.1) is 0 Å². The van der Waals surface area contributed by atoms with Gasteiger partial charge in [0.1, 0.15) is 0 Å². The van der Waals surface area contributed by atoms with Gasteiger partial charge < -0.3 is 4.74 Å². The second kappa shape index (κ2) is 3.76. The van der Waals surface area contributed by atoms with Gasteiger partial charge in [0.05, 0.1) is 6.10 Å². The molecule has 53 valence electrons. The van der Waals surface area contributed by atoms with E-state index in [1.807, 2.05) is 7.11 Å². The maximum atomic E-state index is 5.22. The van der Waals surface area contributed by atoms with Crippen molar-refractivity contribution in [2.75, 3.05) is 7.11 Å². The highest BCUT2D eigenvalue weighted by molar-refractivity contribution is 14.1. The first-order valence-corrected chi connectivity index (χ1v) is 4.44. The molecular formula is C7H12IO. The van der Waals surface area contributed by atoms with Crippen molar-refractivity contribution in [2.24, 2.45) is 0 Å². The van der Waals surface area contributed by atoms with Crippen LogP contribution in [0.2, 0.25) is 0 Å². The third kappa shape index (κ3) is 2.42. The van der Waals surface area contributed by atoms with Crippen molar-refractivity contribution in [1.82, 2.24) is 0 Å². The predicted molar refractivity (Wildman–Crippen MR) is 46.5 cm³/mol. The number of rotatable bonds is 1. The van der Waals surface area contributed by atoms with Gasteiger partial charge in [0.25, 0.3) is 0 Å². The summed E-state index contributed by atoms with van der Waals surface area (Å²) in [5, 5.41) is 0. The number of hydrogen-bond donors (Lipinski definition) is 0. The van der Waals surface area contributed by atoms with Crippen molar-refractivity contribution >= 4 is 22.6 Å². The first-order chi connectivity index (χ1) is 4.33. The number of methoxy groups -OCH3 is 1. The van der Waals surface area contributed by atoms with Gasteiger partial charge in [-0.05, 0) is 25.7 Å². The van der Waals surface area contributed by atoms with E-state index < -0.39 is 0 Å². The van der Waals surface area contributed by atoms with Crippen LogP contribution in [0.3, 0.4) is 0 Å². The van der Waals surface area contributed by atoms with Gasteiger partial charge in [-0.2, -0.15) is 0 Å². The molecule has 1 aliphatic rings. The van der Waals surface area contributed by atoms with E-state index in [1.54, 1.807) is 3.92 Å². The van der Waals surface area contributed by atoms with Gasteiger partial charge in [0.15, 0.2) is 0 Å². The largest absolute Gasteiger partial charge is 0.381 e. The SMILES string of the molecule is COC1CC[C](I)CC1. The topological polar surface area (TPSA) is 9.23 Å². The average molecular weight is 239 g/mol. The number of hydrogen-bond acceptors (Lipinski definition) is 1. The van der Waals surface area contributed by atoms with Crippen molar-refractivity contribution in [2.45, 2.75) is 31.8 Å². The van der Waals surface area contributed by atoms with Crippen LogP contribution in [-0.4, -0.2) is 13.2 Å². The zero-order valence-electron chi connectivity index (χ0n) is 5.69. The normalized spacial score (nSPS) is 24.7. The van der Waals surface area contributed by atoms with Gasteiger partial charge >= 0.3 is 0 Å². The number of halogens is 1. The average Bonchev–Trinajstić information content (AvgIpc) is 1.90. The summed E-state index contributed by atoms with van der Waals surface area (Å²) >= 11 is 2.44. The Kier molecular flexibility index (Phi) is 3.26. The van der Waals surface area contributed by atoms with Crippen LogP contribution in [0, 0.1) is 3.92 Å². The third-order valence-electron chi connectivity index (χ3n) is 1.81. The Morgan fingerprint density at radius 3 is 2.44 bits per heavy atom. The van der Waals surface area contributed by atoms with Crippen LogP contribution in [0.1, 0.15) is 25.7 Å². The third-order valence-corrected chi connectivity index (χ3v) is 2.89. The van der Waals surface area contributed by atoms with E-state index in [0.717, 1.165) is 0 Å². The highest BCUT2D eigenvalue weighted by Gasteiger charge is 2.18. The lowest BCUT2D eigenvalue weighted by Gasteiger charge is -2.22. The molecule has 0 unspecified atom stereocenters. The quantitative estimate of drug-likeness (QED) is 0.639. The Balaban J connectivity index is 2.18. The van der Waals surface area contributed by atoms with Gasteiger partial charge in [-0.25, -0.2) is 0 Å². The van der Waals surface area contributed by atoms with E-state index in [1.165, 1.54) is 25.7 Å². The van der Waals surface area contributed by atoms with Gasteiger partial charge in [-0.3, -0.25) is 0 Å². The monoisotopic (exact) mass is 239 g/mol. The van der Waals surface area contributed by atoms with Crippen LogP contribution in [-0.2, 0) is 4.74 Å². The van der Waals surface area contributed by atoms with E-state index in [2.05, 4.69) is 22.6 Å². The molecule has 0 saturated heterocycles. The van der Waals surface area contributed by atoms with E-state index in [9.17, 15) is 0 Å². The van der Waals surface area contributed by atoms with E-state index >= 15 is 0 Å². The minimum absolute atomic E-state index is 0.545. The highest BCUT2D eigenvalue weighted by Crippen LogP contribution is 2.31. The molecule has 1 fully saturated rings. The molecule has 0 spiro atoms. The van der Waals surface area contributed by atoms with Crippen LogP contribution in [0.5, 0.6) is 0 Å². The van der Waals surface area contributed by atoms with E-state index in [4.69, 9.17) is 4.74 Å². The standard InChI is InChI=1S/C7H12IO/c1-9-7-4-2-6(8)3-5-7/h7H,2-5H2,1H3. The maximum absolute atomic E-state index is 5.22. The molecular weight excluding hydrogens is 227 g/mol. The Bertz CT molecular complexity index is 77.0. The van der Waals surface area contributed by atoms with Crippen molar-refractivity contribution in [3.63, 3.8) is 0 Å². The zero-order chi connectivity index (χ0) is 6.69. The Morgan fingerprint density at radius 1 is 1.44 bits per heavy atom. The zero-order valence-corrected chi connectivity index (χ0v) is 7.85. The molecule has 0 amide bonds. The fourth-order valence-corrected chi connectivity index (χ4v) is 1.76. The minimum Gasteiger partial charge on any atom is -0.381 e. The molecule has 0 aromatic rings. The molecule has 9 heavy (non-hydrogen) atoms. The van der Waals surface area contributed by atoms with E-state index in [-0.39, 0.29) is 0 Å². The molecule has 2 heteroatoms. The van der Waals surface area contributed by atoms with E-state index in [0.29, 0.717) is 6.10 Å². The molecule has 1 saturated carbocycles. The second-order valence-corrected chi connectivity index (χ2v) is 3.98. The summed E-state index contributed by atoms with van der Waals surface area (Å²) in [6.45, 7) is 0. The fourth-order valence-electron chi connectivity index (χ4n) is 1.14. The molecule has 0 heterocycles. The predicted octanol–water partition coefficient (Wildman–Crippen LogP) is 2.54. The van der Waals surface area contributed by atoms with Gasteiger partial charge in [0.2, 0.25) is 0 Å². The van der Waals surface area contributed by atoms with Gasteiger partial charge in [-0.1, -0.05) is 22.6 Å². The molecule has 1 nitrogen and oxygen atoms in total. The first kappa shape index (κ1) is 7.79. The van der Waals surface area contributed by atoms with Crippen molar-refractivity contribution in [1.29, 1.82) is 0 Å². The lowest BCUT2D eigenvalue weighted by atomic mass is 9.98. The van der Waals surface area contributed by atoms with Crippen molar-refractivity contribution in [3.8, 4) is 0 Å². The van der Waals surface area contributed by atoms with Crippen LogP contribution < -0.4 is 0 Å². The molecule has 0 aliphatic heterocycles. The summed E-state index contributed by atoms with van der Waals surface area (Å²) < 4.78 is 6.83. The van der Waals surface area contributed by atoms with Crippen molar-refractivity contribution < 1.29 is 4.74 Å². The molecule has 0 N–H and O–H groups in total. The molecule has 0 aromatic carbocycles. The summed E-state index contributed by atoms with van der Waals surface area (Å²) in [5.74, 6) is 0. The number of ether oxygens (including phenoxy) is 1. The fraction of sp³-hybridized carbons (Fsp3) is 0.857. The Labute approximate surface area is 70.3 Å². The summed E-state index contributed by atoms with van der Waals surface area (Å²) in [4.78, 5) is 0. The molecule has 1 rings (SSSR count). The van der Waals surface area contributed by atoms with Crippen molar-refractivity contribution in [3.05, 3.63) is 3.92 Å². The minimum atomic E-state index is 0.545. The summed E-state index contributed by atoms with van der Waals surface area (Å²) in [7, 11) is 1.81. The maximum Gasteiger partial charge on any atom is 0.0572 e. The lowest BCUT2D eigenvalue weighted by Crippen LogP contribution is -2.16. The Hall–Kier alpha value is 0.690. The summed E-state index contributed by atoms with van der Waals surface area (Å²) in [6, 6.07) is 0. The molecule has 1 radical (unpaired) electrons. The highest BCUT2D eigenvalue weighted by atomic mass is 127. The lowest BCUT2D eigenvalue weighted by molar-refractivity contribution is 0.0788. The molecule has 0 aromatic heterocycles. The summed E-state index contributed by atoms with van der Waals surface area (Å²) in [5.41, 5.74) is 0. The molecule has 0 atom stereocenters. The van der Waals surface area contributed by atoms with Crippen LogP contribution in [0.25, 0.3) is 0 Å². The smallest absolute Gasteiger partial charge is 0.0572 e. The van der Waals surface area contributed by atoms with Crippen LogP contribution in [0.15, 0.2) is 0 Å².